The lowest BCUT2D eigenvalue weighted by Gasteiger charge is -2.27. The molecular weight excluding hydrogens is 348 g/mol. The number of methoxy groups -OCH3 is 1. The molecule has 0 radical (unpaired) electrons. The monoisotopic (exact) mass is 380 g/mol. The zero-order valence-electron chi connectivity index (χ0n) is 16.5. The van der Waals surface area contributed by atoms with Crippen LogP contribution < -0.4 is 0 Å². The molecular formula is C21H32O6. The third-order valence-corrected chi connectivity index (χ3v) is 3.87. The number of hydrogen-bond acceptors (Lipinski definition) is 6. The predicted molar refractivity (Wildman–Crippen MR) is 103 cm³/mol. The lowest BCUT2D eigenvalue weighted by molar-refractivity contribution is -0.138. The zero-order valence-corrected chi connectivity index (χ0v) is 16.5. The molecule has 6 nitrogen and oxygen atoms in total. The van der Waals surface area contributed by atoms with Crippen molar-refractivity contribution in [2.75, 3.05) is 27.3 Å². The summed E-state index contributed by atoms with van der Waals surface area (Å²) in [4.78, 5) is 0. The minimum atomic E-state index is -0.848. The molecule has 3 atom stereocenters. The Bertz CT molecular complexity index is 551. The molecule has 1 rings (SSSR count). The van der Waals surface area contributed by atoms with Gasteiger partial charge in [-0.3, -0.25) is 0 Å². The maximum absolute atomic E-state index is 9.72. The number of aliphatic hydroxyl groups excluding tert-OH is 2. The second-order valence-electron chi connectivity index (χ2n) is 6.71. The van der Waals surface area contributed by atoms with Gasteiger partial charge >= 0.3 is 0 Å². The van der Waals surface area contributed by atoms with Crippen molar-refractivity contribution in [2.45, 2.75) is 57.5 Å². The first-order valence-electron chi connectivity index (χ1n) is 9.12. The number of rotatable bonds is 13. The van der Waals surface area contributed by atoms with Gasteiger partial charge in [0.2, 0.25) is 0 Å². The number of aliphatic hydroxyl groups is 2. The Balaban J connectivity index is 2.33. The lowest BCUT2D eigenvalue weighted by atomic mass is 9.98. The second-order valence-corrected chi connectivity index (χ2v) is 6.71. The maximum atomic E-state index is 9.72. The van der Waals surface area contributed by atoms with Crippen molar-refractivity contribution in [1.29, 1.82) is 0 Å². The van der Waals surface area contributed by atoms with Crippen LogP contribution in [0.1, 0.15) is 38.7 Å². The van der Waals surface area contributed by atoms with Gasteiger partial charge in [-0.25, -0.2) is 0 Å². The van der Waals surface area contributed by atoms with E-state index < -0.39 is 17.8 Å². The van der Waals surface area contributed by atoms with Gasteiger partial charge in [0.15, 0.2) is 0 Å². The van der Waals surface area contributed by atoms with Crippen molar-refractivity contribution >= 4 is 0 Å². The van der Waals surface area contributed by atoms with Gasteiger partial charge in [0.25, 0.3) is 0 Å². The van der Waals surface area contributed by atoms with Crippen LogP contribution in [-0.4, -0.2) is 55.3 Å². The highest BCUT2D eigenvalue weighted by Gasteiger charge is 2.24. The first-order valence-corrected chi connectivity index (χ1v) is 9.12. The average molecular weight is 380 g/mol. The van der Waals surface area contributed by atoms with E-state index in [2.05, 4.69) is 11.8 Å². The standard InChI is InChI=1S/C21H32O6/c1-18(22)14-20(23)10-7-11-21(2,27-16-24-3)12-13-25-17-26-15-19-8-5-4-6-9-19/h4-6,8-9,18,20,22-23H,11-17H2,1-3H3/t18-,20+,21-/m0/s1. The van der Waals surface area contributed by atoms with Crippen molar-refractivity contribution in [2.24, 2.45) is 0 Å². The molecule has 1 aromatic carbocycles. The molecule has 27 heavy (non-hydrogen) atoms. The van der Waals surface area contributed by atoms with E-state index in [1.54, 1.807) is 14.0 Å². The van der Waals surface area contributed by atoms with Gasteiger partial charge in [-0.1, -0.05) is 42.2 Å². The fraction of sp³-hybridized carbons (Fsp3) is 0.619. The summed E-state index contributed by atoms with van der Waals surface area (Å²) in [7, 11) is 1.56. The van der Waals surface area contributed by atoms with Crippen LogP contribution >= 0.6 is 0 Å². The molecule has 152 valence electrons. The number of benzene rings is 1. The summed E-state index contributed by atoms with van der Waals surface area (Å²) in [6, 6.07) is 9.91. The third-order valence-electron chi connectivity index (χ3n) is 3.87. The summed E-state index contributed by atoms with van der Waals surface area (Å²) in [6.07, 6.45) is -0.188. The molecule has 0 aliphatic heterocycles. The molecule has 0 saturated carbocycles. The van der Waals surface area contributed by atoms with Crippen molar-refractivity contribution in [3.8, 4) is 11.8 Å². The highest BCUT2D eigenvalue weighted by atomic mass is 16.7. The Labute approximate surface area is 162 Å². The van der Waals surface area contributed by atoms with Crippen LogP contribution in [0.5, 0.6) is 0 Å². The summed E-state index contributed by atoms with van der Waals surface area (Å²) >= 11 is 0. The van der Waals surface area contributed by atoms with E-state index >= 15 is 0 Å². The summed E-state index contributed by atoms with van der Waals surface area (Å²) in [5.41, 5.74) is 0.535. The molecule has 0 unspecified atom stereocenters. The quantitative estimate of drug-likeness (QED) is 0.311. The van der Waals surface area contributed by atoms with E-state index in [0.29, 0.717) is 26.1 Å². The molecule has 0 bridgehead atoms. The first kappa shape index (κ1) is 23.6. The molecule has 0 heterocycles. The van der Waals surface area contributed by atoms with E-state index in [4.69, 9.17) is 18.9 Å². The topological polar surface area (TPSA) is 77.4 Å². The molecule has 0 amide bonds. The minimum Gasteiger partial charge on any atom is -0.393 e. The minimum absolute atomic E-state index is 0.152. The number of ether oxygens (including phenoxy) is 4. The van der Waals surface area contributed by atoms with E-state index in [9.17, 15) is 10.2 Å². The number of hydrogen-bond donors (Lipinski definition) is 2. The Kier molecular flexibility index (Phi) is 11.9. The normalized spacial score (nSPS) is 15.4. The largest absolute Gasteiger partial charge is 0.393 e. The zero-order chi connectivity index (χ0) is 20.0. The maximum Gasteiger partial charge on any atom is 0.147 e. The molecule has 6 heteroatoms. The highest BCUT2D eigenvalue weighted by molar-refractivity contribution is 5.13. The van der Waals surface area contributed by atoms with E-state index in [1.165, 1.54) is 0 Å². The molecule has 1 aromatic rings. The molecule has 2 N–H and O–H groups in total. The Morgan fingerprint density at radius 1 is 1.11 bits per heavy atom. The van der Waals surface area contributed by atoms with Gasteiger partial charge in [-0.05, 0) is 19.4 Å². The van der Waals surface area contributed by atoms with Gasteiger partial charge in [0, 0.05) is 26.4 Å². The smallest absolute Gasteiger partial charge is 0.147 e. The summed E-state index contributed by atoms with van der Waals surface area (Å²) in [6.45, 7) is 4.86. The predicted octanol–water partition coefficient (Wildman–Crippen LogP) is 2.47. The van der Waals surface area contributed by atoms with Crippen molar-refractivity contribution in [1.82, 2.24) is 0 Å². The first-order chi connectivity index (χ1) is 12.9. The lowest BCUT2D eigenvalue weighted by Crippen LogP contribution is -2.31. The third kappa shape index (κ3) is 11.8. The summed E-state index contributed by atoms with van der Waals surface area (Å²) in [5, 5.41) is 19.0. The van der Waals surface area contributed by atoms with Gasteiger partial charge in [0.1, 0.15) is 19.7 Å². The fourth-order valence-electron chi connectivity index (χ4n) is 2.29. The van der Waals surface area contributed by atoms with Crippen molar-refractivity contribution in [3.63, 3.8) is 0 Å². The highest BCUT2D eigenvalue weighted by Crippen LogP contribution is 2.20. The molecule has 0 saturated heterocycles. The molecule has 0 aliphatic rings. The van der Waals surface area contributed by atoms with Crippen molar-refractivity contribution < 1.29 is 29.2 Å². The van der Waals surface area contributed by atoms with Gasteiger partial charge in [-0.2, -0.15) is 0 Å². The van der Waals surface area contributed by atoms with Crippen molar-refractivity contribution in [3.05, 3.63) is 35.9 Å². The average Bonchev–Trinajstić information content (AvgIpc) is 2.63. The Morgan fingerprint density at radius 3 is 2.52 bits per heavy atom. The molecule has 0 fully saturated rings. The van der Waals surface area contributed by atoms with Crippen LogP contribution in [-0.2, 0) is 25.6 Å². The fourth-order valence-corrected chi connectivity index (χ4v) is 2.29. The Morgan fingerprint density at radius 2 is 1.85 bits per heavy atom. The van der Waals surface area contributed by atoms with Crippen LogP contribution in [0.25, 0.3) is 0 Å². The second kappa shape index (κ2) is 13.7. The van der Waals surface area contributed by atoms with E-state index in [0.717, 1.165) is 5.56 Å². The van der Waals surface area contributed by atoms with Crippen LogP contribution in [0.15, 0.2) is 30.3 Å². The van der Waals surface area contributed by atoms with Gasteiger partial charge in [-0.15, -0.1) is 0 Å². The summed E-state index contributed by atoms with van der Waals surface area (Å²) < 4.78 is 21.8. The SMILES string of the molecule is COCO[C@@](C)(CC#C[C@@H](O)C[C@H](C)O)CCOCOCc1ccccc1. The Hall–Kier alpha value is -1.46. The van der Waals surface area contributed by atoms with Gasteiger partial charge < -0.3 is 29.2 Å². The van der Waals surface area contributed by atoms with E-state index in [1.807, 2.05) is 37.3 Å². The molecule has 0 spiro atoms. The van der Waals surface area contributed by atoms with Crippen LogP contribution in [0.4, 0.5) is 0 Å². The molecule has 0 aromatic heterocycles. The van der Waals surface area contributed by atoms with E-state index in [-0.39, 0.29) is 20.0 Å². The van der Waals surface area contributed by atoms with Crippen LogP contribution in [0.2, 0.25) is 0 Å². The summed E-state index contributed by atoms with van der Waals surface area (Å²) in [5.74, 6) is 5.67. The van der Waals surface area contributed by atoms with Gasteiger partial charge in [0.05, 0.1) is 24.9 Å². The van der Waals surface area contributed by atoms with Crippen LogP contribution in [0.3, 0.4) is 0 Å². The molecule has 0 aliphatic carbocycles. The van der Waals surface area contributed by atoms with Crippen LogP contribution in [0, 0.1) is 11.8 Å².